The lowest BCUT2D eigenvalue weighted by molar-refractivity contribution is -0.234. The van der Waals surface area contributed by atoms with Crippen molar-refractivity contribution in [3.8, 4) is 0 Å². The van der Waals surface area contributed by atoms with E-state index in [1.165, 1.54) is 19.3 Å². The summed E-state index contributed by atoms with van der Waals surface area (Å²) in [7, 11) is 0. The van der Waals surface area contributed by atoms with Crippen LogP contribution >= 0.6 is 0 Å². The molecule has 168 valence electrons. The van der Waals surface area contributed by atoms with Gasteiger partial charge in [-0.1, -0.05) is 13.8 Å². The highest BCUT2D eigenvalue weighted by Gasteiger charge is 2.67. The molecule has 0 unspecified atom stereocenters. The first-order valence-corrected chi connectivity index (χ1v) is 12.4. The Morgan fingerprint density at radius 1 is 0.800 bits per heavy atom. The van der Waals surface area contributed by atoms with Gasteiger partial charge in [0, 0.05) is 31.1 Å². The number of ketones is 1. The monoisotopic (exact) mass is 418 g/mol. The van der Waals surface area contributed by atoms with Crippen LogP contribution < -0.4 is 0 Å². The molecule has 1 spiro atoms. The molecule has 2 heterocycles. The normalized spacial score (nSPS) is 51.6. The van der Waals surface area contributed by atoms with Crippen LogP contribution in [0.15, 0.2) is 0 Å². The third-order valence-electron chi connectivity index (χ3n) is 10.7. The molecule has 6 rings (SSSR count). The Morgan fingerprint density at radius 2 is 1.50 bits per heavy atom. The van der Waals surface area contributed by atoms with E-state index in [4.69, 9.17) is 18.9 Å². The molecule has 0 aromatic carbocycles. The summed E-state index contributed by atoms with van der Waals surface area (Å²) in [5, 5.41) is 0. The van der Waals surface area contributed by atoms with Gasteiger partial charge in [0.05, 0.1) is 26.4 Å². The summed E-state index contributed by atoms with van der Waals surface area (Å²) in [6.45, 7) is 9.73. The van der Waals surface area contributed by atoms with Gasteiger partial charge in [-0.05, 0) is 67.6 Å². The van der Waals surface area contributed by atoms with Crippen molar-refractivity contribution in [3.05, 3.63) is 0 Å². The van der Waals surface area contributed by atoms with Crippen molar-refractivity contribution in [3.63, 3.8) is 0 Å². The average Bonchev–Trinajstić information content (AvgIpc) is 3.41. The van der Waals surface area contributed by atoms with Crippen LogP contribution in [0.3, 0.4) is 0 Å². The van der Waals surface area contributed by atoms with Crippen LogP contribution in [0, 0.1) is 40.4 Å². The zero-order valence-corrected chi connectivity index (χ0v) is 18.9. The van der Waals surface area contributed by atoms with Crippen molar-refractivity contribution in [2.45, 2.75) is 83.7 Å². The maximum atomic E-state index is 13.9. The Morgan fingerprint density at radius 3 is 2.23 bits per heavy atom. The van der Waals surface area contributed by atoms with E-state index in [9.17, 15) is 4.79 Å². The number of fused-ring (bicyclic) bond motifs is 5. The molecule has 0 N–H and O–H groups in total. The number of hydrogen-bond acceptors (Lipinski definition) is 5. The predicted molar refractivity (Wildman–Crippen MR) is 111 cm³/mol. The largest absolute Gasteiger partial charge is 0.348 e. The van der Waals surface area contributed by atoms with E-state index in [1.807, 2.05) is 0 Å². The lowest BCUT2D eigenvalue weighted by atomic mass is 9.44. The molecule has 4 aliphatic carbocycles. The van der Waals surface area contributed by atoms with E-state index in [2.05, 4.69) is 20.8 Å². The maximum absolute atomic E-state index is 13.9. The summed E-state index contributed by atoms with van der Waals surface area (Å²) >= 11 is 0. The van der Waals surface area contributed by atoms with E-state index < -0.39 is 5.79 Å². The number of ether oxygens (including phenoxy) is 4. The summed E-state index contributed by atoms with van der Waals surface area (Å²) < 4.78 is 24.4. The highest BCUT2D eigenvalue weighted by Crippen LogP contribution is 2.68. The van der Waals surface area contributed by atoms with Gasteiger partial charge in [0.25, 0.3) is 0 Å². The molecule has 6 fully saturated rings. The number of carbonyl (C=O) groups is 1. The van der Waals surface area contributed by atoms with Gasteiger partial charge in [-0.3, -0.25) is 4.79 Å². The lowest BCUT2D eigenvalue weighted by Crippen LogP contribution is -2.60. The highest BCUT2D eigenvalue weighted by atomic mass is 16.7. The van der Waals surface area contributed by atoms with Gasteiger partial charge in [0.15, 0.2) is 11.6 Å². The van der Waals surface area contributed by atoms with E-state index in [1.54, 1.807) is 0 Å². The van der Waals surface area contributed by atoms with Crippen molar-refractivity contribution in [2.24, 2.45) is 40.4 Å². The second-order valence-corrected chi connectivity index (χ2v) is 11.8. The molecule has 4 saturated carbocycles. The molecule has 0 aromatic rings. The van der Waals surface area contributed by atoms with Gasteiger partial charge in [0.1, 0.15) is 5.78 Å². The molecule has 2 aliphatic heterocycles. The smallest absolute Gasteiger partial charge is 0.169 e. The summed E-state index contributed by atoms with van der Waals surface area (Å²) in [5.41, 5.74) is 0.109. The standard InChI is InChI=1S/C25H38O5/c1-22-8-9-25(29-12-13-30-25)14-16(22)4-5-17-18-6-7-20(24(3)27-10-11-28-24)23(18,2)15-19(26)21(17)22/h16-18,20-21H,4-15H2,1-3H3/t16-,17-,18+,20-,21+,22-,23-/m0/s1. The number of hydrogen-bond donors (Lipinski definition) is 0. The first kappa shape index (κ1) is 20.1. The first-order chi connectivity index (χ1) is 14.3. The molecule has 0 aromatic heterocycles. The van der Waals surface area contributed by atoms with Gasteiger partial charge in [0.2, 0.25) is 0 Å². The van der Waals surface area contributed by atoms with Crippen LogP contribution in [0.2, 0.25) is 0 Å². The zero-order chi connectivity index (χ0) is 20.8. The van der Waals surface area contributed by atoms with Crippen molar-refractivity contribution < 1.29 is 23.7 Å². The Kier molecular flexibility index (Phi) is 4.38. The van der Waals surface area contributed by atoms with Crippen LogP contribution in [0.1, 0.15) is 72.1 Å². The Balaban J connectivity index is 1.29. The lowest BCUT2D eigenvalue weighted by Gasteiger charge is -2.61. The van der Waals surface area contributed by atoms with Gasteiger partial charge < -0.3 is 18.9 Å². The minimum atomic E-state index is -0.508. The third kappa shape index (κ3) is 2.58. The van der Waals surface area contributed by atoms with Crippen LogP contribution in [0.5, 0.6) is 0 Å². The minimum Gasteiger partial charge on any atom is -0.348 e. The summed E-state index contributed by atoms with van der Waals surface area (Å²) in [6, 6.07) is 0. The molecule has 5 heteroatoms. The molecule has 30 heavy (non-hydrogen) atoms. The fraction of sp³-hybridized carbons (Fsp3) is 0.960. The molecule has 0 amide bonds. The van der Waals surface area contributed by atoms with Crippen molar-refractivity contribution >= 4 is 5.78 Å². The summed E-state index contributed by atoms with van der Waals surface area (Å²) in [6.07, 6.45) is 8.41. The molecule has 5 nitrogen and oxygen atoms in total. The average molecular weight is 419 g/mol. The van der Waals surface area contributed by atoms with Gasteiger partial charge in [-0.25, -0.2) is 0 Å². The number of rotatable bonds is 1. The van der Waals surface area contributed by atoms with Crippen LogP contribution in [0.25, 0.3) is 0 Å². The van der Waals surface area contributed by atoms with E-state index in [0.717, 1.165) is 38.9 Å². The quantitative estimate of drug-likeness (QED) is 0.634. The third-order valence-corrected chi connectivity index (χ3v) is 10.7. The molecule has 7 atom stereocenters. The fourth-order valence-corrected chi connectivity index (χ4v) is 9.36. The molecule has 6 aliphatic rings. The Hall–Kier alpha value is -0.490. The second-order valence-electron chi connectivity index (χ2n) is 11.8. The topological polar surface area (TPSA) is 54.0 Å². The summed E-state index contributed by atoms with van der Waals surface area (Å²) in [4.78, 5) is 13.9. The van der Waals surface area contributed by atoms with Gasteiger partial charge in [-0.15, -0.1) is 0 Å². The van der Waals surface area contributed by atoms with E-state index >= 15 is 0 Å². The highest BCUT2D eigenvalue weighted by molar-refractivity contribution is 5.84. The van der Waals surface area contributed by atoms with Crippen molar-refractivity contribution in [2.75, 3.05) is 26.4 Å². The molecule has 0 bridgehead atoms. The van der Waals surface area contributed by atoms with Crippen molar-refractivity contribution in [1.29, 1.82) is 0 Å². The first-order valence-electron chi connectivity index (χ1n) is 12.4. The zero-order valence-electron chi connectivity index (χ0n) is 18.9. The fourth-order valence-electron chi connectivity index (χ4n) is 9.36. The SMILES string of the molecule is CC1([C@H]2CC[C@@H]3[C@@H]4CC[C@H]5CC6(CC[C@]5(C)[C@H]4C(=O)C[C@@]32C)OCCO6)OCCO1. The van der Waals surface area contributed by atoms with E-state index in [0.29, 0.717) is 49.1 Å². The molecular formula is C25H38O5. The minimum absolute atomic E-state index is 0.00804. The molecule has 2 saturated heterocycles. The Bertz CT molecular complexity index is 723. The summed E-state index contributed by atoms with van der Waals surface area (Å²) in [5.74, 6) is 1.86. The van der Waals surface area contributed by atoms with Crippen LogP contribution in [-0.4, -0.2) is 43.8 Å². The number of carbonyl (C=O) groups excluding carboxylic acids is 1. The second kappa shape index (κ2) is 6.52. The predicted octanol–water partition coefficient (Wildman–Crippen LogP) is 4.33. The van der Waals surface area contributed by atoms with Crippen molar-refractivity contribution in [1.82, 2.24) is 0 Å². The van der Waals surface area contributed by atoms with Crippen LogP contribution in [0.4, 0.5) is 0 Å². The van der Waals surface area contributed by atoms with Gasteiger partial charge in [-0.2, -0.15) is 0 Å². The maximum Gasteiger partial charge on any atom is 0.169 e. The van der Waals surface area contributed by atoms with E-state index in [-0.39, 0.29) is 22.5 Å². The van der Waals surface area contributed by atoms with Gasteiger partial charge >= 0.3 is 0 Å². The molecule has 0 radical (unpaired) electrons. The molecular weight excluding hydrogens is 380 g/mol. The Labute approximate surface area is 180 Å². The van der Waals surface area contributed by atoms with Crippen LogP contribution in [-0.2, 0) is 23.7 Å². The number of Topliss-reactive ketones (excluding diaryl/α,β-unsaturated/α-hetero) is 1.